The number of fused-ring (bicyclic) bond motifs is 1. The van der Waals surface area contributed by atoms with Crippen LogP contribution in [0, 0.1) is 0 Å². The van der Waals surface area contributed by atoms with E-state index >= 15 is 0 Å². The lowest BCUT2D eigenvalue weighted by Gasteiger charge is -2.14. The molecule has 0 saturated carbocycles. The van der Waals surface area contributed by atoms with Crippen LogP contribution in [-0.4, -0.2) is 27.4 Å². The fourth-order valence-corrected chi connectivity index (χ4v) is 3.19. The third-order valence-electron chi connectivity index (χ3n) is 3.58. The molecule has 0 amide bonds. The van der Waals surface area contributed by atoms with Crippen molar-refractivity contribution in [3.63, 3.8) is 0 Å². The Balaban J connectivity index is 1.64. The van der Waals surface area contributed by atoms with Gasteiger partial charge in [0.1, 0.15) is 5.82 Å². The molecule has 1 atom stereocenters. The van der Waals surface area contributed by atoms with Gasteiger partial charge in [0, 0.05) is 11.3 Å². The molecule has 0 fully saturated rings. The highest BCUT2D eigenvalue weighted by atomic mass is 32.1. The van der Waals surface area contributed by atoms with Crippen LogP contribution < -0.4 is 0 Å². The van der Waals surface area contributed by atoms with Gasteiger partial charge in [-0.15, -0.1) is 11.3 Å². The highest BCUT2D eigenvalue weighted by Crippen LogP contribution is 2.17. The first-order chi connectivity index (χ1) is 10.8. The minimum absolute atomic E-state index is 0.327. The summed E-state index contributed by atoms with van der Waals surface area (Å²) in [5.41, 5.74) is 2.04. The predicted molar refractivity (Wildman–Crippen MR) is 89.1 cm³/mol. The molecule has 4 nitrogen and oxygen atoms in total. The maximum Gasteiger partial charge on any atom is 0.109 e. The zero-order chi connectivity index (χ0) is 15.4. The summed E-state index contributed by atoms with van der Waals surface area (Å²) in [5.74, 6) is 0.999. The lowest BCUT2D eigenvalue weighted by Crippen LogP contribution is -2.22. The Hall–Kier alpha value is -1.69. The van der Waals surface area contributed by atoms with Crippen molar-refractivity contribution < 1.29 is 9.84 Å². The van der Waals surface area contributed by atoms with Gasteiger partial charge < -0.3 is 14.4 Å². The first-order valence-corrected chi connectivity index (χ1v) is 8.38. The summed E-state index contributed by atoms with van der Waals surface area (Å²) in [4.78, 5) is 5.79. The van der Waals surface area contributed by atoms with Crippen LogP contribution in [-0.2, 0) is 24.3 Å². The second kappa shape index (κ2) is 7.05. The Morgan fingerprint density at radius 1 is 1.27 bits per heavy atom. The van der Waals surface area contributed by atoms with E-state index in [-0.39, 0.29) is 0 Å². The average Bonchev–Trinajstić information content (AvgIpc) is 3.15. The summed E-state index contributed by atoms with van der Waals surface area (Å²) in [7, 11) is 0. The fraction of sp³-hybridized carbons (Fsp3) is 0.353. The highest BCUT2D eigenvalue weighted by molar-refractivity contribution is 7.09. The van der Waals surface area contributed by atoms with Gasteiger partial charge in [0.05, 0.1) is 36.9 Å². The number of aliphatic hydroxyl groups excluding tert-OH is 1. The fourth-order valence-electron chi connectivity index (χ4n) is 2.55. The van der Waals surface area contributed by atoms with Gasteiger partial charge in [0.15, 0.2) is 0 Å². The van der Waals surface area contributed by atoms with Gasteiger partial charge in [-0.05, 0) is 23.6 Å². The van der Waals surface area contributed by atoms with Crippen molar-refractivity contribution in [1.82, 2.24) is 9.55 Å². The van der Waals surface area contributed by atoms with Crippen LogP contribution in [0.4, 0.5) is 0 Å². The van der Waals surface area contributed by atoms with Crippen molar-refractivity contribution in [2.45, 2.75) is 32.6 Å². The summed E-state index contributed by atoms with van der Waals surface area (Å²) in [5, 5.41) is 12.3. The zero-order valence-electron chi connectivity index (χ0n) is 12.6. The van der Waals surface area contributed by atoms with Crippen LogP contribution in [0.25, 0.3) is 11.0 Å². The minimum Gasteiger partial charge on any atom is -0.389 e. The summed E-state index contributed by atoms with van der Waals surface area (Å²) in [6.45, 7) is 3.47. The second-order valence-electron chi connectivity index (χ2n) is 5.23. The molecule has 0 spiro atoms. The van der Waals surface area contributed by atoms with Crippen LogP contribution in [0.2, 0.25) is 0 Å². The maximum absolute atomic E-state index is 10.3. The average molecular weight is 316 g/mol. The highest BCUT2D eigenvalue weighted by Gasteiger charge is 2.13. The van der Waals surface area contributed by atoms with Crippen LogP contribution in [0.5, 0.6) is 0 Å². The van der Waals surface area contributed by atoms with Gasteiger partial charge >= 0.3 is 0 Å². The number of imidazole rings is 1. The van der Waals surface area contributed by atoms with Gasteiger partial charge in [-0.1, -0.05) is 25.1 Å². The number of aryl methyl sites for hydroxylation is 1. The number of ether oxygens (including phenoxy) is 1. The first kappa shape index (κ1) is 15.2. The van der Waals surface area contributed by atoms with E-state index in [4.69, 9.17) is 4.74 Å². The van der Waals surface area contributed by atoms with Crippen molar-refractivity contribution in [2.75, 3.05) is 6.61 Å². The molecule has 0 aliphatic carbocycles. The van der Waals surface area contributed by atoms with Crippen molar-refractivity contribution in [2.24, 2.45) is 0 Å². The summed E-state index contributed by atoms with van der Waals surface area (Å²) >= 11 is 1.67. The number of nitrogens with zero attached hydrogens (tertiary/aromatic N) is 2. The lowest BCUT2D eigenvalue weighted by atomic mass is 10.3. The zero-order valence-corrected chi connectivity index (χ0v) is 13.4. The Kier molecular flexibility index (Phi) is 4.87. The molecule has 0 bridgehead atoms. The molecule has 2 heterocycles. The number of thiophene rings is 1. The molecule has 22 heavy (non-hydrogen) atoms. The van der Waals surface area contributed by atoms with Gasteiger partial charge in [-0.2, -0.15) is 0 Å². The normalized spacial score (nSPS) is 12.8. The predicted octanol–water partition coefficient (Wildman–Crippen LogP) is 3.24. The van der Waals surface area contributed by atoms with E-state index < -0.39 is 6.10 Å². The van der Waals surface area contributed by atoms with Crippen molar-refractivity contribution in [3.8, 4) is 0 Å². The molecular formula is C17H20N2O2S. The smallest absolute Gasteiger partial charge is 0.109 e. The molecule has 0 radical (unpaired) electrons. The molecular weight excluding hydrogens is 296 g/mol. The molecule has 1 aromatic carbocycles. The molecule has 0 saturated heterocycles. The molecule has 1 unspecified atom stereocenters. The van der Waals surface area contributed by atoms with E-state index in [1.165, 1.54) is 4.88 Å². The van der Waals surface area contributed by atoms with Crippen molar-refractivity contribution in [1.29, 1.82) is 0 Å². The third kappa shape index (κ3) is 3.38. The number of para-hydroxylation sites is 2. The molecule has 3 aromatic rings. The largest absolute Gasteiger partial charge is 0.389 e. The lowest BCUT2D eigenvalue weighted by molar-refractivity contribution is 0.0215. The molecule has 116 valence electrons. The Morgan fingerprint density at radius 2 is 2.14 bits per heavy atom. The number of aliphatic hydroxyl groups is 1. The van der Waals surface area contributed by atoms with Crippen molar-refractivity contribution >= 4 is 22.4 Å². The van der Waals surface area contributed by atoms with E-state index in [1.54, 1.807) is 11.3 Å². The number of hydrogen-bond acceptors (Lipinski definition) is 4. The van der Waals surface area contributed by atoms with Gasteiger partial charge in [-0.3, -0.25) is 0 Å². The monoisotopic (exact) mass is 316 g/mol. The number of rotatable bonds is 7. The Bertz CT molecular complexity index is 721. The molecule has 5 heteroatoms. The second-order valence-corrected chi connectivity index (χ2v) is 6.26. The van der Waals surface area contributed by atoms with Gasteiger partial charge in [-0.25, -0.2) is 4.98 Å². The van der Waals surface area contributed by atoms with Gasteiger partial charge in [0.2, 0.25) is 0 Å². The maximum atomic E-state index is 10.3. The van der Waals surface area contributed by atoms with E-state index in [0.717, 1.165) is 23.3 Å². The van der Waals surface area contributed by atoms with E-state index in [0.29, 0.717) is 19.8 Å². The number of benzene rings is 1. The van der Waals surface area contributed by atoms with E-state index in [2.05, 4.69) is 16.5 Å². The SMILES string of the molecule is CCc1nc2ccccc2n1CC(O)COCc1cccs1. The quantitative estimate of drug-likeness (QED) is 0.728. The van der Waals surface area contributed by atoms with Crippen LogP contribution >= 0.6 is 11.3 Å². The number of hydrogen-bond donors (Lipinski definition) is 1. The standard InChI is InChI=1S/C17H20N2O2S/c1-2-17-18-15-7-3-4-8-16(15)19(17)10-13(20)11-21-12-14-6-5-9-22-14/h3-9,13,20H,2,10-12H2,1H3. The topological polar surface area (TPSA) is 47.3 Å². The first-order valence-electron chi connectivity index (χ1n) is 7.50. The Labute approximate surface area is 134 Å². The third-order valence-corrected chi connectivity index (χ3v) is 4.43. The van der Waals surface area contributed by atoms with Crippen LogP contribution in [0.1, 0.15) is 17.6 Å². The minimum atomic E-state index is -0.539. The van der Waals surface area contributed by atoms with Gasteiger partial charge in [0.25, 0.3) is 0 Å². The van der Waals surface area contributed by atoms with Crippen molar-refractivity contribution in [3.05, 3.63) is 52.5 Å². The molecule has 1 N–H and O–H groups in total. The molecule has 0 aliphatic rings. The summed E-state index contributed by atoms with van der Waals surface area (Å²) in [6, 6.07) is 12.1. The number of aromatic nitrogens is 2. The molecule has 3 rings (SSSR count). The Morgan fingerprint density at radius 3 is 2.91 bits per heavy atom. The molecule has 0 aliphatic heterocycles. The van der Waals surface area contributed by atoms with E-state index in [9.17, 15) is 5.11 Å². The molecule has 2 aromatic heterocycles. The van der Waals surface area contributed by atoms with Crippen LogP contribution in [0.3, 0.4) is 0 Å². The summed E-state index contributed by atoms with van der Waals surface area (Å²) < 4.78 is 7.69. The van der Waals surface area contributed by atoms with Crippen LogP contribution in [0.15, 0.2) is 41.8 Å². The van der Waals surface area contributed by atoms with E-state index in [1.807, 2.05) is 41.8 Å². The summed E-state index contributed by atoms with van der Waals surface area (Å²) in [6.07, 6.45) is 0.306.